The molecule has 0 aliphatic heterocycles. The molecule has 0 bridgehead atoms. The first-order valence-electron chi connectivity index (χ1n) is 11.1. The Morgan fingerprint density at radius 1 is 0.667 bits per heavy atom. The number of unbranched alkanes of at least 4 members (excludes halogenated alkanes) is 1. The minimum absolute atomic E-state index is 0.114. The first kappa shape index (κ1) is 32.3. The first-order chi connectivity index (χ1) is 16.9. The monoisotopic (exact) mass is 508 g/mol. The van der Waals surface area contributed by atoms with E-state index in [4.69, 9.17) is 48.5 Å². The second-order valence-electron chi connectivity index (χ2n) is 7.84. The summed E-state index contributed by atoms with van der Waals surface area (Å²) in [6, 6.07) is 10.9. The SMILES string of the molecule is NC(Cc1ccc(O)c(O)c1)C(=O)O.NC(Cc1ccccc1)C(=O)O.NCCCCC(N)C(=O)O. The Labute approximate surface area is 209 Å². The number of aliphatic carboxylic acids is 3. The number of carboxylic acid groups (broad SMARTS) is 3. The third kappa shape index (κ3) is 14.5. The number of aromatic hydroxyl groups is 2. The van der Waals surface area contributed by atoms with Gasteiger partial charge in [-0.3, -0.25) is 14.4 Å². The lowest BCUT2D eigenvalue weighted by Crippen LogP contribution is -2.32. The number of hydrogen-bond donors (Lipinski definition) is 9. The number of hydrogen-bond acceptors (Lipinski definition) is 9. The summed E-state index contributed by atoms with van der Waals surface area (Å²) in [5.74, 6) is -3.51. The lowest BCUT2D eigenvalue weighted by Gasteiger charge is -2.06. The minimum Gasteiger partial charge on any atom is -0.504 e. The zero-order chi connectivity index (χ0) is 27.7. The maximum absolute atomic E-state index is 10.4. The van der Waals surface area contributed by atoms with Crippen molar-refractivity contribution in [3.8, 4) is 11.5 Å². The molecule has 0 radical (unpaired) electrons. The second-order valence-corrected chi connectivity index (χ2v) is 7.84. The van der Waals surface area contributed by atoms with Crippen molar-refractivity contribution in [2.75, 3.05) is 6.54 Å². The summed E-state index contributed by atoms with van der Waals surface area (Å²) in [6.45, 7) is 0.604. The van der Waals surface area contributed by atoms with Gasteiger partial charge < -0.3 is 48.5 Å². The van der Waals surface area contributed by atoms with Gasteiger partial charge in [0.05, 0.1) is 0 Å². The van der Waals surface area contributed by atoms with E-state index in [0.29, 0.717) is 24.9 Å². The summed E-state index contributed by atoms with van der Waals surface area (Å²) in [5, 5.41) is 43.5. The highest BCUT2D eigenvalue weighted by atomic mass is 16.4. The summed E-state index contributed by atoms with van der Waals surface area (Å²) in [6.07, 6.45) is 2.66. The van der Waals surface area contributed by atoms with Gasteiger partial charge in [-0.05, 0) is 55.5 Å². The highest BCUT2D eigenvalue weighted by Gasteiger charge is 2.13. The topological polar surface area (TPSA) is 256 Å². The van der Waals surface area contributed by atoms with E-state index in [2.05, 4.69) is 0 Å². The van der Waals surface area contributed by atoms with Gasteiger partial charge in [0.15, 0.2) is 11.5 Å². The first-order valence-corrected chi connectivity index (χ1v) is 11.1. The average Bonchev–Trinajstić information content (AvgIpc) is 2.82. The Bertz CT molecular complexity index is 943. The molecule has 0 spiro atoms. The number of carboxylic acids is 3. The van der Waals surface area contributed by atoms with Crippen LogP contribution in [0.5, 0.6) is 11.5 Å². The van der Waals surface area contributed by atoms with Crippen molar-refractivity contribution < 1.29 is 39.9 Å². The average molecular weight is 509 g/mol. The van der Waals surface area contributed by atoms with Crippen LogP contribution in [0.3, 0.4) is 0 Å². The highest BCUT2D eigenvalue weighted by molar-refractivity contribution is 5.74. The van der Waals surface area contributed by atoms with Crippen LogP contribution >= 0.6 is 0 Å². The van der Waals surface area contributed by atoms with Crippen molar-refractivity contribution in [1.29, 1.82) is 0 Å². The van der Waals surface area contributed by atoms with E-state index >= 15 is 0 Å². The van der Waals surface area contributed by atoms with E-state index in [1.165, 1.54) is 18.2 Å². The van der Waals surface area contributed by atoms with E-state index < -0.39 is 36.0 Å². The molecule has 3 atom stereocenters. The van der Waals surface area contributed by atoms with Gasteiger partial charge in [-0.2, -0.15) is 0 Å². The number of carbonyl (C=O) groups is 3. The van der Waals surface area contributed by atoms with Gasteiger partial charge in [0.2, 0.25) is 0 Å². The van der Waals surface area contributed by atoms with Gasteiger partial charge in [-0.15, -0.1) is 0 Å². The van der Waals surface area contributed by atoms with Crippen LogP contribution < -0.4 is 22.9 Å². The van der Waals surface area contributed by atoms with Crippen molar-refractivity contribution in [3.05, 3.63) is 59.7 Å². The predicted molar refractivity (Wildman–Crippen MR) is 133 cm³/mol. The zero-order valence-corrected chi connectivity index (χ0v) is 19.9. The molecule has 0 aromatic heterocycles. The van der Waals surface area contributed by atoms with Crippen molar-refractivity contribution in [2.24, 2.45) is 22.9 Å². The van der Waals surface area contributed by atoms with Crippen LogP contribution in [0.25, 0.3) is 0 Å². The Morgan fingerprint density at radius 2 is 1.17 bits per heavy atom. The van der Waals surface area contributed by atoms with E-state index in [1.54, 1.807) is 0 Å². The van der Waals surface area contributed by atoms with Gasteiger partial charge in [0, 0.05) is 0 Å². The molecule has 2 aromatic rings. The molecule has 2 rings (SSSR count). The fourth-order valence-corrected chi connectivity index (χ4v) is 2.62. The van der Waals surface area contributed by atoms with E-state index in [0.717, 1.165) is 18.4 Å². The predicted octanol–water partition coefficient (Wildman–Crippen LogP) is 0.221. The molecule has 0 aliphatic rings. The third-order valence-corrected chi connectivity index (χ3v) is 4.71. The number of nitrogens with two attached hydrogens (primary N) is 4. The van der Waals surface area contributed by atoms with Crippen molar-refractivity contribution >= 4 is 17.9 Å². The molecule has 0 saturated carbocycles. The Morgan fingerprint density at radius 3 is 1.61 bits per heavy atom. The molecule has 3 unspecified atom stereocenters. The fraction of sp³-hybridized carbons (Fsp3) is 0.375. The largest absolute Gasteiger partial charge is 0.504 e. The molecule has 12 heteroatoms. The summed E-state index contributed by atoms with van der Waals surface area (Å²) in [7, 11) is 0. The zero-order valence-electron chi connectivity index (χ0n) is 19.9. The van der Waals surface area contributed by atoms with Crippen LogP contribution in [0.15, 0.2) is 48.5 Å². The van der Waals surface area contributed by atoms with E-state index in [1.807, 2.05) is 30.3 Å². The summed E-state index contributed by atoms with van der Waals surface area (Å²) in [4.78, 5) is 30.9. The Kier molecular flexibility index (Phi) is 15.9. The van der Waals surface area contributed by atoms with Gasteiger partial charge in [0.25, 0.3) is 0 Å². The molecular formula is C24H36N4O8. The number of benzene rings is 2. The Balaban J connectivity index is 0.000000519. The minimum atomic E-state index is -1.10. The highest BCUT2D eigenvalue weighted by Crippen LogP contribution is 2.25. The standard InChI is InChI=1S/C9H11NO4.C9H11NO2.C6H14N2O2/c10-6(9(13)14)3-5-1-2-7(11)8(12)4-5;10-8(9(11)12)6-7-4-2-1-3-5-7;7-4-2-1-3-5(8)6(9)10/h1-2,4,6,11-12H,3,10H2,(H,13,14);1-5,8H,6,10H2,(H,11,12);5H,1-4,7-8H2,(H,9,10). The van der Waals surface area contributed by atoms with Crippen LogP contribution in [0.4, 0.5) is 0 Å². The van der Waals surface area contributed by atoms with Crippen LogP contribution in [-0.4, -0.2) is 68.1 Å². The van der Waals surface area contributed by atoms with Crippen LogP contribution in [0.1, 0.15) is 30.4 Å². The van der Waals surface area contributed by atoms with Crippen LogP contribution in [0, 0.1) is 0 Å². The number of phenols is 2. The molecule has 12 nitrogen and oxygen atoms in total. The Hall–Kier alpha value is -3.71. The maximum atomic E-state index is 10.4. The normalized spacial score (nSPS) is 12.6. The molecule has 36 heavy (non-hydrogen) atoms. The summed E-state index contributed by atoms with van der Waals surface area (Å²) in [5.41, 5.74) is 22.6. The molecule has 0 heterocycles. The van der Waals surface area contributed by atoms with Crippen molar-refractivity contribution in [3.63, 3.8) is 0 Å². The number of phenolic OH excluding ortho intramolecular Hbond substituents is 2. The lowest BCUT2D eigenvalue weighted by atomic mass is 10.1. The van der Waals surface area contributed by atoms with Gasteiger partial charge in [-0.1, -0.05) is 42.8 Å². The quantitative estimate of drug-likeness (QED) is 0.146. The molecule has 200 valence electrons. The van der Waals surface area contributed by atoms with Gasteiger partial charge in [0.1, 0.15) is 18.1 Å². The van der Waals surface area contributed by atoms with E-state index in [-0.39, 0.29) is 17.9 Å². The molecule has 2 aromatic carbocycles. The smallest absolute Gasteiger partial charge is 0.320 e. The second kappa shape index (κ2) is 17.7. The van der Waals surface area contributed by atoms with Crippen LogP contribution in [-0.2, 0) is 27.2 Å². The van der Waals surface area contributed by atoms with Crippen molar-refractivity contribution in [2.45, 2.75) is 50.2 Å². The summed E-state index contributed by atoms with van der Waals surface area (Å²) < 4.78 is 0. The molecular weight excluding hydrogens is 472 g/mol. The van der Waals surface area contributed by atoms with E-state index in [9.17, 15) is 14.4 Å². The molecule has 0 fully saturated rings. The van der Waals surface area contributed by atoms with Crippen LogP contribution in [0.2, 0.25) is 0 Å². The third-order valence-electron chi connectivity index (χ3n) is 4.71. The number of rotatable bonds is 11. The van der Waals surface area contributed by atoms with Crippen molar-refractivity contribution in [1.82, 2.24) is 0 Å². The summed E-state index contributed by atoms with van der Waals surface area (Å²) >= 11 is 0. The maximum Gasteiger partial charge on any atom is 0.320 e. The van der Waals surface area contributed by atoms with Gasteiger partial charge in [-0.25, -0.2) is 0 Å². The molecule has 0 saturated heterocycles. The molecule has 0 aliphatic carbocycles. The lowest BCUT2D eigenvalue weighted by molar-refractivity contribution is -0.139. The molecule has 0 amide bonds. The van der Waals surface area contributed by atoms with Gasteiger partial charge >= 0.3 is 17.9 Å². The fourth-order valence-electron chi connectivity index (χ4n) is 2.62. The molecule has 13 N–H and O–H groups in total.